The highest BCUT2D eigenvalue weighted by Gasteiger charge is 2.55. The predicted molar refractivity (Wildman–Crippen MR) is 48.4 cm³/mol. The zero-order valence-corrected chi connectivity index (χ0v) is 9.36. The van der Waals surface area contributed by atoms with Crippen LogP contribution in [0.1, 0.15) is 0 Å². The van der Waals surface area contributed by atoms with Gasteiger partial charge in [-0.2, -0.15) is 0 Å². The summed E-state index contributed by atoms with van der Waals surface area (Å²) in [5.41, 5.74) is 5.34. The summed E-state index contributed by atoms with van der Waals surface area (Å²) < 4.78 is 20.9. The highest BCUT2D eigenvalue weighted by molar-refractivity contribution is 9.28. The Morgan fingerprint density at radius 2 is 2.00 bits per heavy atom. The molecule has 0 radical (unpaired) electrons. The molecule has 0 bridgehead atoms. The summed E-state index contributed by atoms with van der Waals surface area (Å²) in [6.07, 6.45) is -1.10. The Morgan fingerprint density at radius 3 is 2.09 bits per heavy atom. The Kier molecular flexibility index (Phi) is 2.40. The molecular formula is C4H7Br2NO3S. The van der Waals surface area contributed by atoms with Gasteiger partial charge in [-0.25, -0.2) is 8.42 Å². The van der Waals surface area contributed by atoms with Crippen molar-refractivity contribution in [3.8, 4) is 0 Å². The minimum atomic E-state index is -3.36. The normalized spacial score (nSPS) is 40.7. The molecule has 1 rings (SSSR count). The third kappa shape index (κ3) is 1.37. The van der Waals surface area contributed by atoms with Crippen LogP contribution in [0.25, 0.3) is 0 Å². The monoisotopic (exact) mass is 307 g/mol. The van der Waals surface area contributed by atoms with Crippen LogP contribution >= 0.6 is 31.9 Å². The van der Waals surface area contributed by atoms with Crippen molar-refractivity contribution < 1.29 is 13.5 Å². The topological polar surface area (TPSA) is 80.4 Å². The van der Waals surface area contributed by atoms with E-state index in [4.69, 9.17) is 5.73 Å². The van der Waals surface area contributed by atoms with Crippen molar-refractivity contribution >= 4 is 41.7 Å². The van der Waals surface area contributed by atoms with E-state index in [1.54, 1.807) is 0 Å². The molecule has 0 amide bonds. The van der Waals surface area contributed by atoms with Crippen molar-refractivity contribution in [2.45, 2.75) is 14.7 Å². The van der Waals surface area contributed by atoms with Gasteiger partial charge in [0.05, 0.1) is 5.75 Å². The van der Waals surface area contributed by atoms with Crippen molar-refractivity contribution in [1.29, 1.82) is 0 Å². The zero-order chi connectivity index (χ0) is 8.86. The first-order chi connectivity index (χ1) is 4.79. The molecule has 4 nitrogen and oxygen atoms in total. The molecule has 0 aromatic carbocycles. The Bertz CT molecular complexity index is 263. The van der Waals surface area contributed by atoms with Crippen LogP contribution in [0.3, 0.4) is 0 Å². The van der Waals surface area contributed by atoms with Gasteiger partial charge in [0.2, 0.25) is 2.57 Å². The van der Waals surface area contributed by atoms with Crippen LogP contribution < -0.4 is 5.73 Å². The molecule has 0 aromatic heterocycles. The van der Waals surface area contributed by atoms with Gasteiger partial charge in [0.1, 0.15) is 6.10 Å². The molecular weight excluding hydrogens is 302 g/mol. The highest BCUT2D eigenvalue weighted by Crippen LogP contribution is 2.43. The standard InChI is InChI=1S/C4H7Br2NO3S/c5-4(6)3(8)2(7)1-11(4,9)10/h2-3,8H,1,7H2. The fraction of sp³-hybridized carbons (Fsp3) is 1.00. The summed E-state index contributed by atoms with van der Waals surface area (Å²) in [6.45, 7) is 0. The van der Waals surface area contributed by atoms with E-state index in [1.165, 1.54) is 0 Å². The van der Waals surface area contributed by atoms with Gasteiger partial charge < -0.3 is 10.8 Å². The minimum absolute atomic E-state index is 0.204. The number of halogens is 2. The van der Waals surface area contributed by atoms with E-state index in [2.05, 4.69) is 31.9 Å². The summed E-state index contributed by atoms with van der Waals surface area (Å²) >= 11 is 5.74. The predicted octanol–water partition coefficient (Wildman–Crippen LogP) is -0.453. The lowest BCUT2D eigenvalue weighted by molar-refractivity contribution is 0.172. The lowest BCUT2D eigenvalue weighted by Crippen LogP contribution is -2.38. The first kappa shape index (κ1) is 9.91. The zero-order valence-electron chi connectivity index (χ0n) is 5.37. The average Bonchev–Trinajstić information content (AvgIpc) is 1.93. The molecule has 0 saturated carbocycles. The number of hydrogen-bond donors (Lipinski definition) is 2. The fourth-order valence-corrected chi connectivity index (χ4v) is 3.81. The number of rotatable bonds is 0. The maximum Gasteiger partial charge on any atom is 0.208 e. The van der Waals surface area contributed by atoms with E-state index in [0.717, 1.165) is 0 Å². The van der Waals surface area contributed by atoms with E-state index >= 15 is 0 Å². The van der Waals surface area contributed by atoms with Gasteiger partial charge in [-0.1, -0.05) is 31.9 Å². The van der Waals surface area contributed by atoms with E-state index in [1.807, 2.05) is 0 Å². The number of sulfone groups is 1. The summed E-state index contributed by atoms with van der Waals surface area (Å²) in [5, 5.41) is 9.26. The fourth-order valence-electron chi connectivity index (χ4n) is 0.889. The van der Waals surface area contributed by atoms with Crippen LogP contribution in [-0.2, 0) is 9.84 Å². The minimum Gasteiger partial charge on any atom is -0.388 e. The average molecular weight is 309 g/mol. The maximum atomic E-state index is 11.2. The number of aliphatic hydroxyl groups is 1. The van der Waals surface area contributed by atoms with Crippen LogP contribution in [0.2, 0.25) is 0 Å². The van der Waals surface area contributed by atoms with Crippen molar-refractivity contribution in [3.63, 3.8) is 0 Å². The smallest absolute Gasteiger partial charge is 0.208 e. The first-order valence-electron chi connectivity index (χ1n) is 2.83. The van der Waals surface area contributed by atoms with Crippen LogP contribution in [0.15, 0.2) is 0 Å². The molecule has 7 heteroatoms. The Hall–Kier alpha value is 0.830. The molecule has 1 heterocycles. The lowest BCUT2D eigenvalue weighted by atomic mass is 10.2. The van der Waals surface area contributed by atoms with Gasteiger partial charge >= 0.3 is 0 Å². The molecule has 2 unspecified atom stereocenters. The number of aliphatic hydroxyl groups excluding tert-OH is 1. The molecule has 11 heavy (non-hydrogen) atoms. The van der Waals surface area contributed by atoms with Gasteiger partial charge in [0.15, 0.2) is 9.84 Å². The maximum absolute atomic E-state index is 11.2. The third-order valence-corrected chi connectivity index (χ3v) is 7.37. The van der Waals surface area contributed by atoms with Crippen LogP contribution in [0, 0.1) is 0 Å². The second-order valence-electron chi connectivity index (χ2n) is 2.45. The van der Waals surface area contributed by atoms with Gasteiger partial charge in [-0.15, -0.1) is 0 Å². The second kappa shape index (κ2) is 2.66. The second-order valence-corrected chi connectivity index (χ2v) is 9.27. The molecule has 1 aliphatic rings. The van der Waals surface area contributed by atoms with Gasteiger partial charge in [-0.3, -0.25) is 0 Å². The van der Waals surface area contributed by atoms with Crippen molar-refractivity contribution in [1.82, 2.24) is 0 Å². The van der Waals surface area contributed by atoms with Crippen molar-refractivity contribution in [3.05, 3.63) is 0 Å². The molecule has 3 N–H and O–H groups in total. The van der Waals surface area contributed by atoms with Crippen molar-refractivity contribution in [2.75, 3.05) is 5.75 Å². The van der Waals surface area contributed by atoms with Crippen LogP contribution in [0.4, 0.5) is 0 Å². The summed E-state index contributed by atoms with van der Waals surface area (Å²) in [7, 11) is -3.36. The van der Waals surface area contributed by atoms with Gasteiger partial charge in [0, 0.05) is 6.04 Å². The van der Waals surface area contributed by atoms with Gasteiger partial charge in [-0.05, 0) is 0 Å². The molecule has 2 atom stereocenters. The summed E-state index contributed by atoms with van der Waals surface area (Å²) in [5.74, 6) is -0.204. The molecule has 0 spiro atoms. The highest BCUT2D eigenvalue weighted by atomic mass is 79.9. The number of nitrogens with two attached hydrogens (primary N) is 1. The number of alkyl halides is 2. The molecule has 0 aromatic rings. The van der Waals surface area contributed by atoms with Crippen LogP contribution in [-0.4, -0.2) is 34.0 Å². The molecule has 0 aliphatic carbocycles. The van der Waals surface area contributed by atoms with Crippen LogP contribution in [0.5, 0.6) is 0 Å². The largest absolute Gasteiger partial charge is 0.388 e. The summed E-state index contributed by atoms with van der Waals surface area (Å²) in [6, 6.07) is -0.723. The molecule has 1 fully saturated rings. The Morgan fingerprint density at radius 1 is 1.55 bits per heavy atom. The van der Waals surface area contributed by atoms with E-state index in [0.29, 0.717) is 0 Å². The third-order valence-electron chi connectivity index (χ3n) is 1.58. The Balaban J connectivity index is 3.12. The molecule has 1 saturated heterocycles. The first-order valence-corrected chi connectivity index (χ1v) is 6.06. The molecule has 66 valence electrons. The van der Waals surface area contributed by atoms with Crippen molar-refractivity contribution in [2.24, 2.45) is 5.73 Å². The Labute approximate surface area is 81.3 Å². The number of hydrogen-bond acceptors (Lipinski definition) is 4. The van der Waals surface area contributed by atoms with Gasteiger partial charge in [0.25, 0.3) is 0 Å². The van der Waals surface area contributed by atoms with E-state index < -0.39 is 24.5 Å². The summed E-state index contributed by atoms with van der Waals surface area (Å²) in [4.78, 5) is 0. The SMILES string of the molecule is NC1CS(=O)(=O)C(Br)(Br)C1O. The van der Waals surface area contributed by atoms with E-state index in [9.17, 15) is 13.5 Å². The molecule has 1 aliphatic heterocycles. The lowest BCUT2D eigenvalue weighted by Gasteiger charge is -2.17. The van der Waals surface area contributed by atoms with E-state index in [-0.39, 0.29) is 5.75 Å². The quantitative estimate of drug-likeness (QED) is 0.594.